The molecule has 1 rings (SSSR count). The normalized spacial score (nSPS) is 10.2. The van der Waals surface area contributed by atoms with Gasteiger partial charge in [-0.15, -0.1) is 0 Å². The fourth-order valence-electron chi connectivity index (χ4n) is 0.944. The van der Waals surface area contributed by atoms with Crippen molar-refractivity contribution in [1.29, 1.82) is 0 Å². The van der Waals surface area contributed by atoms with Gasteiger partial charge in [-0.2, -0.15) is 0 Å². The van der Waals surface area contributed by atoms with Gasteiger partial charge in [0.1, 0.15) is 0 Å². The van der Waals surface area contributed by atoms with E-state index in [4.69, 9.17) is 21.4 Å². The molecule has 3 nitrogen and oxygen atoms in total. The molecule has 0 heterocycles. The Morgan fingerprint density at radius 2 is 2.23 bits per heavy atom. The lowest BCUT2D eigenvalue weighted by molar-refractivity contribution is 0.265. The molecular formula is C8H8ClFO3. The maximum atomic E-state index is 13.1. The van der Waals surface area contributed by atoms with Crippen molar-refractivity contribution in [2.75, 3.05) is 7.11 Å². The van der Waals surface area contributed by atoms with E-state index in [0.29, 0.717) is 0 Å². The molecule has 0 fully saturated rings. The molecular weight excluding hydrogens is 199 g/mol. The SMILES string of the molecule is COc1cc(Cl)c(F)c(CO)c1O. The molecule has 0 spiro atoms. The summed E-state index contributed by atoms with van der Waals surface area (Å²) in [4.78, 5) is 0. The lowest BCUT2D eigenvalue weighted by Crippen LogP contribution is -1.95. The molecule has 1 aromatic rings. The Balaban J connectivity index is 3.39. The highest BCUT2D eigenvalue weighted by molar-refractivity contribution is 6.31. The van der Waals surface area contributed by atoms with E-state index < -0.39 is 18.2 Å². The van der Waals surface area contributed by atoms with E-state index in [1.165, 1.54) is 7.11 Å². The molecule has 0 atom stereocenters. The smallest absolute Gasteiger partial charge is 0.166 e. The molecule has 0 saturated carbocycles. The van der Waals surface area contributed by atoms with Crippen LogP contribution in [-0.4, -0.2) is 17.3 Å². The maximum Gasteiger partial charge on any atom is 0.166 e. The van der Waals surface area contributed by atoms with Gasteiger partial charge in [-0.25, -0.2) is 4.39 Å². The molecule has 0 aromatic heterocycles. The summed E-state index contributed by atoms with van der Waals surface area (Å²) < 4.78 is 17.8. The zero-order chi connectivity index (χ0) is 10.0. The Morgan fingerprint density at radius 3 is 2.69 bits per heavy atom. The molecule has 0 aliphatic carbocycles. The van der Waals surface area contributed by atoms with E-state index in [-0.39, 0.29) is 16.3 Å². The number of benzene rings is 1. The molecule has 0 aliphatic heterocycles. The van der Waals surface area contributed by atoms with Crippen molar-refractivity contribution in [1.82, 2.24) is 0 Å². The Kier molecular flexibility index (Phi) is 2.95. The number of halogens is 2. The van der Waals surface area contributed by atoms with Crippen molar-refractivity contribution in [3.8, 4) is 11.5 Å². The van der Waals surface area contributed by atoms with E-state index >= 15 is 0 Å². The topological polar surface area (TPSA) is 49.7 Å². The molecule has 0 aliphatic rings. The van der Waals surface area contributed by atoms with Gasteiger partial charge in [-0.3, -0.25) is 0 Å². The van der Waals surface area contributed by atoms with Crippen molar-refractivity contribution in [2.45, 2.75) is 6.61 Å². The zero-order valence-corrected chi connectivity index (χ0v) is 7.60. The molecule has 2 N–H and O–H groups in total. The van der Waals surface area contributed by atoms with Gasteiger partial charge in [0.15, 0.2) is 17.3 Å². The Morgan fingerprint density at radius 1 is 1.62 bits per heavy atom. The monoisotopic (exact) mass is 206 g/mol. The number of aromatic hydroxyl groups is 1. The predicted molar refractivity (Wildman–Crippen MR) is 45.5 cm³/mol. The lowest BCUT2D eigenvalue weighted by Gasteiger charge is -2.09. The predicted octanol–water partition coefficient (Wildman–Crippen LogP) is 1.69. The minimum Gasteiger partial charge on any atom is -0.504 e. The van der Waals surface area contributed by atoms with Crippen molar-refractivity contribution >= 4 is 11.6 Å². The summed E-state index contributed by atoms with van der Waals surface area (Å²) in [5.74, 6) is -1.22. The Bertz CT molecular complexity index is 328. The van der Waals surface area contributed by atoms with Crippen molar-refractivity contribution in [3.63, 3.8) is 0 Å². The quantitative estimate of drug-likeness (QED) is 0.774. The van der Waals surface area contributed by atoms with Crippen LogP contribution in [0.4, 0.5) is 4.39 Å². The fourth-order valence-corrected chi connectivity index (χ4v) is 1.16. The van der Waals surface area contributed by atoms with Crippen LogP contribution in [0.2, 0.25) is 5.02 Å². The number of aliphatic hydroxyl groups excluding tert-OH is 1. The molecule has 0 unspecified atom stereocenters. The van der Waals surface area contributed by atoms with E-state index in [9.17, 15) is 9.50 Å². The first-order valence-corrected chi connectivity index (χ1v) is 3.84. The second-order valence-corrected chi connectivity index (χ2v) is 2.77. The Hall–Kier alpha value is -1.00. The van der Waals surface area contributed by atoms with Crippen molar-refractivity contribution < 1.29 is 19.3 Å². The first-order valence-electron chi connectivity index (χ1n) is 3.46. The second kappa shape index (κ2) is 3.81. The van der Waals surface area contributed by atoms with E-state index in [1.807, 2.05) is 0 Å². The number of ether oxygens (including phenoxy) is 1. The second-order valence-electron chi connectivity index (χ2n) is 2.36. The summed E-state index contributed by atoms with van der Waals surface area (Å²) in [7, 11) is 1.31. The lowest BCUT2D eigenvalue weighted by atomic mass is 10.2. The third-order valence-electron chi connectivity index (χ3n) is 1.63. The minimum atomic E-state index is -0.831. The van der Waals surface area contributed by atoms with Crippen LogP contribution < -0.4 is 4.74 Å². The van der Waals surface area contributed by atoms with Gasteiger partial charge < -0.3 is 14.9 Å². The molecule has 0 amide bonds. The van der Waals surface area contributed by atoms with Crippen molar-refractivity contribution in [2.24, 2.45) is 0 Å². The number of hydrogen-bond donors (Lipinski definition) is 2. The number of methoxy groups -OCH3 is 1. The number of hydrogen-bond acceptors (Lipinski definition) is 3. The standard InChI is InChI=1S/C8H8ClFO3/c1-13-6-2-5(9)7(10)4(3-11)8(6)12/h2,11-12H,3H2,1H3. The van der Waals surface area contributed by atoms with Crippen LogP contribution in [-0.2, 0) is 6.61 Å². The fraction of sp³-hybridized carbons (Fsp3) is 0.250. The van der Waals surface area contributed by atoms with Gasteiger partial charge in [-0.1, -0.05) is 11.6 Å². The minimum absolute atomic E-state index is 0.0375. The number of aliphatic hydroxyl groups is 1. The molecule has 13 heavy (non-hydrogen) atoms. The van der Waals surface area contributed by atoms with E-state index in [1.54, 1.807) is 0 Å². The molecule has 0 radical (unpaired) electrons. The zero-order valence-electron chi connectivity index (χ0n) is 6.84. The van der Waals surface area contributed by atoms with Crippen LogP contribution in [0.5, 0.6) is 11.5 Å². The molecule has 0 bridgehead atoms. The summed E-state index contributed by atoms with van der Waals surface area (Å²) in [6, 6.07) is 1.14. The van der Waals surface area contributed by atoms with Crippen LogP contribution in [0.3, 0.4) is 0 Å². The van der Waals surface area contributed by atoms with Crippen LogP contribution in [0.25, 0.3) is 0 Å². The Labute approximate surface area is 79.3 Å². The first-order chi connectivity index (χ1) is 6.11. The summed E-state index contributed by atoms with van der Waals surface area (Å²) >= 11 is 5.47. The first kappa shape index (κ1) is 10.1. The average molecular weight is 207 g/mol. The third kappa shape index (κ3) is 1.68. The molecule has 72 valence electrons. The summed E-state index contributed by atoms with van der Waals surface area (Å²) in [5.41, 5.74) is -0.260. The molecule has 1 aromatic carbocycles. The average Bonchev–Trinajstić information content (AvgIpc) is 2.12. The van der Waals surface area contributed by atoms with Gasteiger partial charge in [0, 0.05) is 6.07 Å². The van der Waals surface area contributed by atoms with Gasteiger partial charge >= 0.3 is 0 Å². The van der Waals surface area contributed by atoms with Gasteiger partial charge in [0.25, 0.3) is 0 Å². The third-order valence-corrected chi connectivity index (χ3v) is 1.90. The summed E-state index contributed by atoms with van der Waals surface area (Å²) in [6.45, 7) is -0.630. The highest BCUT2D eigenvalue weighted by Crippen LogP contribution is 2.35. The number of rotatable bonds is 2. The van der Waals surface area contributed by atoms with Gasteiger partial charge in [-0.05, 0) is 0 Å². The van der Waals surface area contributed by atoms with Crippen LogP contribution >= 0.6 is 11.6 Å². The van der Waals surface area contributed by atoms with Crippen LogP contribution in [0.15, 0.2) is 6.07 Å². The van der Waals surface area contributed by atoms with Crippen molar-refractivity contribution in [3.05, 3.63) is 22.5 Å². The highest BCUT2D eigenvalue weighted by Gasteiger charge is 2.16. The summed E-state index contributed by atoms with van der Waals surface area (Å²) in [6.07, 6.45) is 0. The summed E-state index contributed by atoms with van der Waals surface area (Å²) in [5, 5.41) is 17.8. The van der Waals surface area contributed by atoms with Crippen LogP contribution in [0, 0.1) is 5.82 Å². The van der Waals surface area contributed by atoms with E-state index in [0.717, 1.165) is 6.07 Å². The largest absolute Gasteiger partial charge is 0.504 e. The number of phenols is 1. The maximum absolute atomic E-state index is 13.1. The molecule has 5 heteroatoms. The van der Waals surface area contributed by atoms with Gasteiger partial charge in [0.2, 0.25) is 0 Å². The van der Waals surface area contributed by atoms with Gasteiger partial charge in [0.05, 0.1) is 24.3 Å². The molecule has 0 saturated heterocycles. The van der Waals surface area contributed by atoms with E-state index in [2.05, 4.69) is 0 Å². The highest BCUT2D eigenvalue weighted by atomic mass is 35.5. The van der Waals surface area contributed by atoms with Crippen LogP contribution in [0.1, 0.15) is 5.56 Å².